The number of benzene rings is 2. The van der Waals surface area contributed by atoms with Crippen LogP contribution < -0.4 is 5.56 Å². The van der Waals surface area contributed by atoms with Gasteiger partial charge in [-0.15, -0.1) is 0 Å². The second-order valence-electron chi connectivity index (χ2n) is 5.78. The molecule has 0 fully saturated rings. The highest BCUT2D eigenvalue weighted by molar-refractivity contribution is 9.10. The Labute approximate surface area is 154 Å². The van der Waals surface area contributed by atoms with E-state index in [0.29, 0.717) is 16.5 Å². The minimum atomic E-state index is -0.547. The van der Waals surface area contributed by atoms with E-state index in [4.69, 9.17) is 4.52 Å². The molecule has 0 bridgehead atoms. The topological polar surface area (TPSA) is 92.0 Å². The first kappa shape index (κ1) is 16.5. The summed E-state index contributed by atoms with van der Waals surface area (Å²) in [4.78, 5) is 19.2. The van der Waals surface area contributed by atoms with Crippen LogP contribution in [0.4, 0.5) is 4.39 Å². The van der Waals surface area contributed by atoms with E-state index in [1.54, 1.807) is 12.1 Å². The first-order valence-corrected chi connectivity index (χ1v) is 8.38. The third-order valence-corrected chi connectivity index (χ3v) is 4.57. The zero-order valence-electron chi connectivity index (χ0n) is 13.4. The number of aromatic hydroxyl groups is 1. The second kappa shape index (κ2) is 6.06. The Morgan fingerprint density at radius 1 is 1.23 bits per heavy atom. The van der Waals surface area contributed by atoms with E-state index in [2.05, 4.69) is 31.1 Å². The number of hydrogen-bond acceptors (Lipinski definition) is 5. The Bertz CT molecular complexity index is 1220. The Morgan fingerprint density at radius 3 is 2.81 bits per heavy atom. The molecule has 0 unspecified atom stereocenters. The van der Waals surface area contributed by atoms with Crippen LogP contribution in [-0.4, -0.2) is 20.2 Å². The van der Waals surface area contributed by atoms with Gasteiger partial charge in [-0.25, -0.2) is 4.39 Å². The number of nitrogens with zero attached hydrogens (tertiary/aromatic N) is 2. The van der Waals surface area contributed by atoms with Gasteiger partial charge in [-0.3, -0.25) is 4.79 Å². The highest BCUT2D eigenvalue weighted by atomic mass is 79.9. The summed E-state index contributed by atoms with van der Waals surface area (Å²) in [6.45, 7) is 1.88. The van der Waals surface area contributed by atoms with Crippen molar-refractivity contribution in [2.45, 2.75) is 6.92 Å². The molecule has 0 saturated carbocycles. The minimum absolute atomic E-state index is 0.108. The maximum Gasteiger partial charge on any atom is 0.267 e. The normalized spacial score (nSPS) is 11.2. The van der Waals surface area contributed by atoms with Crippen LogP contribution >= 0.6 is 15.9 Å². The van der Waals surface area contributed by atoms with Crippen molar-refractivity contribution in [1.82, 2.24) is 15.1 Å². The molecule has 0 saturated heterocycles. The molecular formula is C18H11BrFN3O3. The molecule has 2 aromatic heterocycles. The summed E-state index contributed by atoms with van der Waals surface area (Å²) in [5.41, 5.74) is 1.27. The van der Waals surface area contributed by atoms with Crippen LogP contribution in [0.5, 0.6) is 5.75 Å². The number of pyridine rings is 1. The molecule has 0 amide bonds. The lowest BCUT2D eigenvalue weighted by atomic mass is 10.1. The van der Waals surface area contributed by atoms with Gasteiger partial charge in [-0.2, -0.15) is 4.98 Å². The molecule has 0 aliphatic carbocycles. The highest BCUT2D eigenvalue weighted by Gasteiger charge is 2.20. The predicted octanol–water partition coefficient (Wildman–Crippen LogP) is 4.16. The van der Waals surface area contributed by atoms with Crippen molar-refractivity contribution in [3.63, 3.8) is 0 Å². The van der Waals surface area contributed by atoms with E-state index in [9.17, 15) is 14.3 Å². The third kappa shape index (κ3) is 2.68. The largest absolute Gasteiger partial charge is 0.506 e. The SMILES string of the molecule is Cc1ccc2[nH]c(=O)c(-c3nc(-c4ccc(F)c(Br)c4)no3)c(O)c2c1. The molecule has 2 aromatic carbocycles. The Balaban J connectivity index is 1.87. The van der Waals surface area contributed by atoms with Gasteiger partial charge in [0.05, 0.1) is 9.99 Å². The number of hydrogen-bond donors (Lipinski definition) is 2. The highest BCUT2D eigenvalue weighted by Crippen LogP contribution is 2.33. The zero-order chi connectivity index (χ0) is 18.4. The molecule has 4 rings (SSSR count). The fraction of sp³-hybridized carbons (Fsp3) is 0.0556. The predicted molar refractivity (Wildman–Crippen MR) is 97.4 cm³/mol. The maximum absolute atomic E-state index is 13.4. The van der Waals surface area contributed by atoms with Crippen molar-refractivity contribution in [2.75, 3.05) is 0 Å². The van der Waals surface area contributed by atoms with Gasteiger partial charge in [0.2, 0.25) is 5.82 Å². The first-order chi connectivity index (χ1) is 12.4. The van der Waals surface area contributed by atoms with Crippen LogP contribution in [0.3, 0.4) is 0 Å². The summed E-state index contributed by atoms with van der Waals surface area (Å²) in [7, 11) is 0. The van der Waals surface area contributed by atoms with E-state index in [0.717, 1.165) is 5.56 Å². The van der Waals surface area contributed by atoms with Crippen LogP contribution in [0.1, 0.15) is 5.56 Å². The number of nitrogens with one attached hydrogen (secondary N) is 1. The number of rotatable bonds is 2. The van der Waals surface area contributed by atoms with Crippen molar-refractivity contribution >= 4 is 26.8 Å². The van der Waals surface area contributed by atoms with E-state index >= 15 is 0 Å². The van der Waals surface area contributed by atoms with Crippen LogP contribution in [0, 0.1) is 12.7 Å². The fourth-order valence-electron chi connectivity index (χ4n) is 2.67. The van der Waals surface area contributed by atoms with Gasteiger partial charge in [0.1, 0.15) is 17.1 Å². The van der Waals surface area contributed by atoms with Crippen molar-refractivity contribution in [1.29, 1.82) is 0 Å². The van der Waals surface area contributed by atoms with Gasteiger partial charge in [0.25, 0.3) is 11.4 Å². The Morgan fingerprint density at radius 2 is 2.04 bits per heavy atom. The molecule has 0 aliphatic heterocycles. The van der Waals surface area contributed by atoms with Crippen LogP contribution in [0.15, 0.2) is 50.2 Å². The number of aryl methyl sites for hydroxylation is 1. The molecule has 2 heterocycles. The van der Waals surface area contributed by atoms with Crippen molar-refractivity contribution in [3.8, 4) is 28.6 Å². The van der Waals surface area contributed by atoms with Crippen molar-refractivity contribution in [2.24, 2.45) is 0 Å². The summed E-state index contributed by atoms with van der Waals surface area (Å²) in [6, 6.07) is 9.54. The van der Waals surface area contributed by atoms with Crippen molar-refractivity contribution < 1.29 is 14.0 Å². The lowest BCUT2D eigenvalue weighted by Crippen LogP contribution is -2.09. The molecule has 2 N–H and O–H groups in total. The van der Waals surface area contributed by atoms with Crippen molar-refractivity contribution in [3.05, 3.63) is 62.6 Å². The van der Waals surface area contributed by atoms with Gasteiger partial charge < -0.3 is 14.6 Å². The molecule has 130 valence electrons. The molecular weight excluding hydrogens is 405 g/mol. The van der Waals surface area contributed by atoms with Crippen LogP contribution in [0.25, 0.3) is 33.7 Å². The molecule has 8 heteroatoms. The quantitative estimate of drug-likeness (QED) is 0.512. The standard InChI is InChI=1S/C18H11BrFN3O3/c1-8-2-5-13-10(6-8)15(24)14(17(25)21-13)18-22-16(23-26-18)9-3-4-12(20)11(19)7-9/h2-7H,1H3,(H2,21,24,25). The second-order valence-corrected chi connectivity index (χ2v) is 6.63. The number of H-pyrrole nitrogens is 1. The van der Waals surface area contributed by atoms with E-state index in [1.807, 2.05) is 13.0 Å². The number of fused-ring (bicyclic) bond motifs is 1. The third-order valence-electron chi connectivity index (χ3n) is 3.96. The Kier molecular flexibility index (Phi) is 3.84. The average molecular weight is 416 g/mol. The smallest absolute Gasteiger partial charge is 0.267 e. The lowest BCUT2D eigenvalue weighted by molar-refractivity contribution is 0.426. The van der Waals surface area contributed by atoms with E-state index in [1.165, 1.54) is 18.2 Å². The summed E-state index contributed by atoms with van der Waals surface area (Å²) in [5, 5.41) is 14.9. The zero-order valence-corrected chi connectivity index (χ0v) is 15.0. The summed E-state index contributed by atoms with van der Waals surface area (Å²) in [6.07, 6.45) is 0. The molecule has 0 aliphatic rings. The van der Waals surface area contributed by atoms with Gasteiger partial charge >= 0.3 is 0 Å². The molecule has 4 aromatic rings. The summed E-state index contributed by atoms with van der Waals surface area (Å²) >= 11 is 3.10. The summed E-state index contributed by atoms with van der Waals surface area (Å²) < 4.78 is 18.8. The lowest BCUT2D eigenvalue weighted by Gasteiger charge is -2.05. The van der Waals surface area contributed by atoms with E-state index < -0.39 is 11.4 Å². The van der Waals surface area contributed by atoms with E-state index in [-0.39, 0.29) is 27.5 Å². The van der Waals surface area contributed by atoms with Gasteiger partial charge in [0, 0.05) is 10.9 Å². The van der Waals surface area contributed by atoms with Gasteiger partial charge in [-0.05, 0) is 53.2 Å². The number of aromatic nitrogens is 3. The molecule has 6 nitrogen and oxygen atoms in total. The molecule has 0 radical (unpaired) electrons. The minimum Gasteiger partial charge on any atom is -0.506 e. The van der Waals surface area contributed by atoms with Gasteiger partial charge in [-0.1, -0.05) is 16.8 Å². The monoisotopic (exact) mass is 415 g/mol. The fourth-order valence-corrected chi connectivity index (χ4v) is 3.04. The van der Waals surface area contributed by atoms with Gasteiger partial charge in [0.15, 0.2) is 0 Å². The average Bonchev–Trinajstić information content (AvgIpc) is 3.08. The summed E-state index contributed by atoms with van der Waals surface area (Å²) in [5.74, 6) is -0.606. The Hall–Kier alpha value is -3.00. The molecule has 0 atom stereocenters. The van der Waals surface area contributed by atoms with Crippen LogP contribution in [0.2, 0.25) is 0 Å². The first-order valence-electron chi connectivity index (χ1n) is 7.59. The van der Waals surface area contributed by atoms with Crippen LogP contribution in [-0.2, 0) is 0 Å². The maximum atomic E-state index is 13.4. The number of halogens is 2. The molecule has 26 heavy (non-hydrogen) atoms. The number of aromatic amines is 1. The molecule has 0 spiro atoms.